The van der Waals surface area contributed by atoms with E-state index in [4.69, 9.17) is 4.55 Å². The van der Waals surface area contributed by atoms with Crippen molar-refractivity contribution in [2.75, 3.05) is 0 Å². The monoisotopic (exact) mass is 282 g/mol. The molecule has 0 aromatic heterocycles. The molecule has 0 spiro atoms. The summed E-state index contributed by atoms with van der Waals surface area (Å²) < 4.78 is 67.9. The van der Waals surface area contributed by atoms with Gasteiger partial charge < -0.3 is 0 Å². The zero-order chi connectivity index (χ0) is 14.1. The van der Waals surface area contributed by atoms with Crippen LogP contribution >= 0.6 is 0 Å². The van der Waals surface area contributed by atoms with E-state index in [0.29, 0.717) is 0 Å². The number of halogens is 3. The molecule has 1 aromatic carbocycles. The van der Waals surface area contributed by atoms with Crippen molar-refractivity contribution in [1.82, 2.24) is 0 Å². The molecule has 1 aromatic rings. The van der Waals surface area contributed by atoms with Gasteiger partial charge in [0.25, 0.3) is 10.1 Å². The topological polar surface area (TPSA) is 54.4 Å². The minimum atomic E-state index is -5.17. The molecule has 3 nitrogen and oxygen atoms in total. The first kappa shape index (κ1) is 15.0. The number of hydrogen-bond acceptors (Lipinski definition) is 2. The summed E-state index contributed by atoms with van der Waals surface area (Å²) >= 11 is 0. The molecule has 0 saturated heterocycles. The van der Waals surface area contributed by atoms with Crippen LogP contribution in [-0.4, -0.2) is 24.4 Å². The van der Waals surface area contributed by atoms with Gasteiger partial charge in [-0.05, 0) is 19.4 Å². The Morgan fingerprint density at radius 1 is 1.17 bits per heavy atom. The van der Waals surface area contributed by atoms with Crippen molar-refractivity contribution in [2.45, 2.75) is 31.7 Å². The molecule has 1 unspecified atom stereocenters. The van der Waals surface area contributed by atoms with E-state index in [2.05, 4.69) is 0 Å². The SMILES string of the molecule is Cc1cc(C)cc(CC(C(F)(F)F)S(=O)(=O)O)c1. The quantitative estimate of drug-likeness (QED) is 0.867. The first-order valence-electron chi connectivity index (χ1n) is 5.10. The van der Waals surface area contributed by atoms with Crippen LogP contribution in [0.25, 0.3) is 0 Å². The Kier molecular flexibility index (Phi) is 4.07. The Bertz CT molecular complexity index is 515. The summed E-state index contributed by atoms with van der Waals surface area (Å²) in [5.74, 6) is 0. The molecule has 102 valence electrons. The van der Waals surface area contributed by atoms with Crippen LogP contribution in [0.3, 0.4) is 0 Å². The predicted molar refractivity (Wildman–Crippen MR) is 61.0 cm³/mol. The molecule has 0 heterocycles. The van der Waals surface area contributed by atoms with E-state index in [0.717, 1.165) is 11.1 Å². The van der Waals surface area contributed by atoms with Crippen molar-refractivity contribution in [1.29, 1.82) is 0 Å². The Hall–Kier alpha value is -1.08. The maximum Gasteiger partial charge on any atom is 0.408 e. The normalized spacial score (nSPS) is 14.6. The van der Waals surface area contributed by atoms with Gasteiger partial charge in [0.1, 0.15) is 0 Å². The third-order valence-corrected chi connectivity index (χ3v) is 3.58. The fraction of sp³-hybridized carbons (Fsp3) is 0.455. The molecule has 7 heteroatoms. The van der Waals surface area contributed by atoms with Gasteiger partial charge in [0.15, 0.2) is 5.25 Å². The van der Waals surface area contributed by atoms with Crippen LogP contribution in [0, 0.1) is 13.8 Å². The lowest BCUT2D eigenvalue weighted by molar-refractivity contribution is -0.131. The maximum absolute atomic E-state index is 12.6. The lowest BCUT2D eigenvalue weighted by Gasteiger charge is -2.17. The van der Waals surface area contributed by atoms with Gasteiger partial charge >= 0.3 is 6.18 Å². The van der Waals surface area contributed by atoms with Crippen LogP contribution in [0.15, 0.2) is 18.2 Å². The van der Waals surface area contributed by atoms with Crippen molar-refractivity contribution in [3.63, 3.8) is 0 Å². The van der Waals surface area contributed by atoms with Gasteiger partial charge in [-0.15, -0.1) is 0 Å². The average molecular weight is 282 g/mol. The third kappa shape index (κ3) is 3.99. The van der Waals surface area contributed by atoms with E-state index >= 15 is 0 Å². The summed E-state index contributed by atoms with van der Waals surface area (Å²) in [7, 11) is -5.17. The number of aryl methyl sites for hydroxylation is 2. The molecular formula is C11H13F3O3S. The summed E-state index contributed by atoms with van der Waals surface area (Å²) in [5.41, 5.74) is 1.70. The van der Waals surface area contributed by atoms with Gasteiger partial charge in [0, 0.05) is 6.42 Å². The van der Waals surface area contributed by atoms with Gasteiger partial charge in [-0.25, -0.2) is 0 Å². The van der Waals surface area contributed by atoms with E-state index in [1.54, 1.807) is 19.9 Å². The van der Waals surface area contributed by atoms with E-state index in [1.807, 2.05) is 0 Å². The molecule has 0 bridgehead atoms. The highest BCUT2D eigenvalue weighted by molar-refractivity contribution is 7.86. The van der Waals surface area contributed by atoms with Crippen LogP contribution in [0.1, 0.15) is 16.7 Å². The predicted octanol–water partition coefficient (Wildman–Crippen LogP) is 2.66. The van der Waals surface area contributed by atoms with Gasteiger partial charge in [-0.3, -0.25) is 4.55 Å². The summed E-state index contributed by atoms with van der Waals surface area (Å²) in [6, 6.07) is 4.70. The smallest absolute Gasteiger partial charge is 0.285 e. The first-order valence-corrected chi connectivity index (χ1v) is 6.60. The van der Waals surface area contributed by atoms with Gasteiger partial charge in [-0.1, -0.05) is 29.3 Å². The highest BCUT2D eigenvalue weighted by Gasteiger charge is 2.48. The second-order valence-corrected chi connectivity index (χ2v) is 5.84. The standard InChI is InChI=1S/C11H13F3O3S/c1-7-3-8(2)5-9(4-7)6-10(11(12,13)14)18(15,16)17/h3-5,10H,6H2,1-2H3,(H,15,16,17). The number of hydrogen-bond donors (Lipinski definition) is 1. The Morgan fingerprint density at radius 2 is 1.61 bits per heavy atom. The largest absolute Gasteiger partial charge is 0.408 e. The van der Waals surface area contributed by atoms with Crippen LogP contribution in [0.4, 0.5) is 13.2 Å². The fourth-order valence-corrected chi connectivity index (χ4v) is 2.53. The van der Waals surface area contributed by atoms with Crippen LogP contribution < -0.4 is 0 Å². The molecule has 0 radical (unpaired) electrons. The molecule has 0 amide bonds. The maximum atomic E-state index is 12.6. The van der Waals surface area contributed by atoms with E-state index < -0.39 is 28.0 Å². The second-order valence-electron chi connectivity index (χ2n) is 4.25. The highest BCUT2D eigenvalue weighted by atomic mass is 32.2. The minimum absolute atomic E-state index is 0.229. The zero-order valence-corrected chi connectivity index (χ0v) is 10.6. The first-order chi connectivity index (χ1) is 8.00. The van der Waals surface area contributed by atoms with Crippen molar-refractivity contribution < 1.29 is 26.1 Å². The van der Waals surface area contributed by atoms with Gasteiger partial charge in [0.05, 0.1) is 0 Å². The van der Waals surface area contributed by atoms with E-state index in [-0.39, 0.29) is 5.56 Å². The molecule has 18 heavy (non-hydrogen) atoms. The molecule has 1 atom stereocenters. The number of benzene rings is 1. The third-order valence-electron chi connectivity index (χ3n) is 2.43. The van der Waals surface area contributed by atoms with Crippen molar-refractivity contribution in [3.8, 4) is 0 Å². The highest BCUT2D eigenvalue weighted by Crippen LogP contribution is 2.28. The molecule has 1 rings (SSSR count). The van der Waals surface area contributed by atoms with Crippen molar-refractivity contribution in [3.05, 3.63) is 34.9 Å². The Balaban J connectivity index is 3.12. The van der Waals surface area contributed by atoms with Crippen LogP contribution in [0.2, 0.25) is 0 Å². The second kappa shape index (κ2) is 4.89. The zero-order valence-electron chi connectivity index (χ0n) is 9.82. The summed E-state index contributed by atoms with van der Waals surface area (Å²) in [4.78, 5) is 0. The lowest BCUT2D eigenvalue weighted by atomic mass is 10.0. The molecule has 0 aliphatic rings. The summed E-state index contributed by atoms with van der Waals surface area (Å²) in [6.45, 7) is 3.40. The molecule has 1 N–H and O–H groups in total. The number of rotatable bonds is 3. The van der Waals surface area contributed by atoms with Crippen LogP contribution in [0.5, 0.6) is 0 Å². The lowest BCUT2D eigenvalue weighted by Crippen LogP contribution is -2.38. The summed E-state index contributed by atoms with van der Waals surface area (Å²) in [5, 5.41) is -2.79. The van der Waals surface area contributed by atoms with Crippen molar-refractivity contribution >= 4 is 10.1 Å². The van der Waals surface area contributed by atoms with Crippen molar-refractivity contribution in [2.24, 2.45) is 0 Å². The van der Waals surface area contributed by atoms with Gasteiger partial charge in [-0.2, -0.15) is 21.6 Å². The molecule has 0 aliphatic carbocycles. The van der Waals surface area contributed by atoms with E-state index in [1.165, 1.54) is 12.1 Å². The minimum Gasteiger partial charge on any atom is -0.285 e. The average Bonchev–Trinajstić information content (AvgIpc) is 2.08. The van der Waals surface area contributed by atoms with E-state index in [9.17, 15) is 21.6 Å². The number of alkyl halides is 3. The molecule has 0 fully saturated rings. The van der Waals surface area contributed by atoms with Gasteiger partial charge in [0.2, 0.25) is 0 Å². The Labute approximate surface area is 103 Å². The molecule has 0 saturated carbocycles. The summed E-state index contributed by atoms with van der Waals surface area (Å²) in [6.07, 6.45) is -5.78. The van der Waals surface area contributed by atoms with Crippen LogP contribution in [-0.2, 0) is 16.5 Å². The molecule has 0 aliphatic heterocycles. The fourth-order valence-electron chi connectivity index (χ4n) is 1.79. The molecular weight excluding hydrogens is 269 g/mol. The Morgan fingerprint density at radius 3 is 1.94 bits per heavy atom.